The average Bonchev–Trinajstić information content (AvgIpc) is 1.87. The Morgan fingerprint density at radius 3 is 2.70 bits per heavy atom. The molecular weight excluding hydrogens is 120 g/mol. The minimum absolute atomic E-state index is 0.517. The zero-order valence-corrected chi connectivity index (χ0v) is 6.98. The molecule has 10 heavy (non-hydrogen) atoms. The maximum Gasteiger partial charge on any atom is 0.0146 e. The summed E-state index contributed by atoms with van der Waals surface area (Å²) in [5, 5.41) is 0. The summed E-state index contributed by atoms with van der Waals surface area (Å²) < 4.78 is 0. The van der Waals surface area contributed by atoms with E-state index in [0.717, 1.165) is 19.3 Å². The van der Waals surface area contributed by atoms with Gasteiger partial charge in [0.2, 0.25) is 0 Å². The van der Waals surface area contributed by atoms with Crippen LogP contribution >= 0.6 is 0 Å². The van der Waals surface area contributed by atoms with Crippen LogP contribution in [0.25, 0.3) is 0 Å². The first kappa shape index (κ1) is 9.30. The Labute approximate surface area is 64.3 Å². The number of hydrogen-bond donors (Lipinski definition) is 0. The van der Waals surface area contributed by atoms with Crippen LogP contribution in [0.15, 0.2) is 12.7 Å². The van der Waals surface area contributed by atoms with E-state index in [1.165, 1.54) is 0 Å². The normalized spacial score (nSPS) is 8.70. The Morgan fingerprint density at radius 1 is 1.50 bits per heavy atom. The Morgan fingerprint density at radius 2 is 2.20 bits per heavy atom. The van der Waals surface area contributed by atoms with Gasteiger partial charge in [0.25, 0.3) is 0 Å². The Hall–Kier alpha value is -0.700. The molecule has 0 radical (unpaired) electrons. The van der Waals surface area contributed by atoms with Crippen LogP contribution in [0.2, 0.25) is 0 Å². The van der Waals surface area contributed by atoms with Crippen LogP contribution in [-0.2, 0) is 0 Å². The van der Waals surface area contributed by atoms with Crippen molar-refractivity contribution in [2.45, 2.75) is 33.1 Å². The molecule has 0 spiro atoms. The largest absolute Gasteiger partial charge is 0.103 e. The van der Waals surface area contributed by atoms with Gasteiger partial charge in [-0.05, 0) is 12.8 Å². The summed E-state index contributed by atoms with van der Waals surface area (Å²) >= 11 is 0. The maximum atomic E-state index is 3.65. The number of hydrogen-bond acceptors (Lipinski definition) is 0. The molecule has 0 saturated heterocycles. The maximum absolute atomic E-state index is 3.65. The lowest BCUT2D eigenvalue weighted by molar-refractivity contribution is 0.851. The fourth-order valence-corrected chi connectivity index (χ4v) is 0.611. The fraction of sp³-hybridized carbons (Fsp3) is 0.600. The zero-order valence-electron chi connectivity index (χ0n) is 6.98. The quantitative estimate of drug-likeness (QED) is 0.318. The molecule has 0 amide bonds. The number of rotatable bonds is 3. The number of allylic oxidation sites excluding steroid dienone is 1. The summed E-state index contributed by atoms with van der Waals surface area (Å²) in [5.41, 5.74) is 0. The SMILES string of the molecule is C=CCCCC#CC(C)C. The Balaban J connectivity index is 3.20. The third kappa shape index (κ3) is 7.30. The van der Waals surface area contributed by atoms with Crippen molar-refractivity contribution in [3.05, 3.63) is 12.7 Å². The van der Waals surface area contributed by atoms with Gasteiger partial charge >= 0.3 is 0 Å². The molecule has 0 fully saturated rings. The summed E-state index contributed by atoms with van der Waals surface area (Å²) in [6.07, 6.45) is 5.21. The summed E-state index contributed by atoms with van der Waals surface area (Å²) in [4.78, 5) is 0. The minimum atomic E-state index is 0.517. The predicted octanol–water partition coefficient (Wildman–Crippen LogP) is 3.00. The average molecular weight is 136 g/mol. The molecule has 0 aliphatic heterocycles. The predicted molar refractivity (Wildman–Crippen MR) is 46.7 cm³/mol. The highest BCUT2D eigenvalue weighted by Gasteiger charge is 1.81. The molecular formula is C10H16. The summed E-state index contributed by atoms with van der Waals surface area (Å²) in [5.74, 6) is 6.76. The van der Waals surface area contributed by atoms with E-state index in [1.807, 2.05) is 6.08 Å². The van der Waals surface area contributed by atoms with E-state index in [9.17, 15) is 0 Å². The second-order valence-electron chi connectivity index (χ2n) is 2.66. The lowest BCUT2D eigenvalue weighted by Gasteiger charge is -1.88. The van der Waals surface area contributed by atoms with Gasteiger partial charge < -0.3 is 0 Å². The molecule has 0 aromatic heterocycles. The molecule has 0 unspecified atom stereocenters. The topological polar surface area (TPSA) is 0 Å². The second-order valence-corrected chi connectivity index (χ2v) is 2.66. The van der Waals surface area contributed by atoms with Crippen molar-refractivity contribution in [1.29, 1.82) is 0 Å². The standard InChI is InChI=1S/C10H16/c1-4-5-6-7-8-9-10(2)3/h4,10H,1,5-7H2,2-3H3. The zero-order chi connectivity index (χ0) is 7.82. The first-order chi connectivity index (χ1) is 4.77. The summed E-state index contributed by atoms with van der Waals surface area (Å²) in [6, 6.07) is 0. The van der Waals surface area contributed by atoms with Crippen LogP contribution in [0.3, 0.4) is 0 Å². The van der Waals surface area contributed by atoms with Crippen LogP contribution in [0.1, 0.15) is 33.1 Å². The van der Waals surface area contributed by atoms with E-state index in [-0.39, 0.29) is 0 Å². The van der Waals surface area contributed by atoms with Gasteiger partial charge in [-0.25, -0.2) is 0 Å². The Bertz CT molecular complexity index is 132. The van der Waals surface area contributed by atoms with E-state index in [4.69, 9.17) is 0 Å². The molecule has 56 valence electrons. The highest BCUT2D eigenvalue weighted by molar-refractivity contribution is 5.01. The molecule has 0 rings (SSSR count). The summed E-state index contributed by atoms with van der Waals surface area (Å²) in [6.45, 7) is 7.87. The van der Waals surface area contributed by atoms with Gasteiger partial charge in [0.15, 0.2) is 0 Å². The minimum Gasteiger partial charge on any atom is -0.103 e. The molecule has 0 aliphatic carbocycles. The fourth-order valence-electron chi connectivity index (χ4n) is 0.611. The van der Waals surface area contributed by atoms with Crippen LogP contribution in [0.5, 0.6) is 0 Å². The van der Waals surface area contributed by atoms with Gasteiger partial charge in [-0.2, -0.15) is 0 Å². The Kier molecular flexibility index (Phi) is 5.97. The van der Waals surface area contributed by atoms with E-state index in [0.29, 0.717) is 5.92 Å². The van der Waals surface area contributed by atoms with Gasteiger partial charge in [0.05, 0.1) is 0 Å². The first-order valence-electron chi connectivity index (χ1n) is 3.86. The van der Waals surface area contributed by atoms with Crippen molar-refractivity contribution < 1.29 is 0 Å². The lowest BCUT2D eigenvalue weighted by Crippen LogP contribution is -1.77. The molecule has 0 nitrogen and oxygen atoms in total. The van der Waals surface area contributed by atoms with Gasteiger partial charge in [-0.1, -0.05) is 19.9 Å². The molecule has 0 N–H and O–H groups in total. The van der Waals surface area contributed by atoms with Crippen molar-refractivity contribution in [2.24, 2.45) is 5.92 Å². The molecule has 0 atom stereocenters. The monoisotopic (exact) mass is 136 g/mol. The molecule has 0 aliphatic rings. The van der Waals surface area contributed by atoms with Crippen LogP contribution in [0.4, 0.5) is 0 Å². The van der Waals surface area contributed by atoms with Crippen molar-refractivity contribution in [2.75, 3.05) is 0 Å². The van der Waals surface area contributed by atoms with E-state index in [1.54, 1.807) is 0 Å². The first-order valence-corrected chi connectivity index (χ1v) is 3.86. The molecule has 0 saturated carbocycles. The van der Waals surface area contributed by atoms with E-state index in [2.05, 4.69) is 32.3 Å². The second kappa shape index (κ2) is 6.42. The highest BCUT2D eigenvalue weighted by Crippen LogP contribution is 1.94. The third-order valence-corrected chi connectivity index (χ3v) is 1.10. The van der Waals surface area contributed by atoms with Gasteiger partial charge in [0.1, 0.15) is 0 Å². The van der Waals surface area contributed by atoms with Crippen molar-refractivity contribution in [3.63, 3.8) is 0 Å². The van der Waals surface area contributed by atoms with E-state index >= 15 is 0 Å². The molecule has 0 aromatic rings. The van der Waals surface area contributed by atoms with Crippen LogP contribution in [-0.4, -0.2) is 0 Å². The number of unbranched alkanes of at least 4 members (excludes halogenated alkanes) is 2. The van der Waals surface area contributed by atoms with Gasteiger partial charge in [-0.15, -0.1) is 18.4 Å². The molecule has 0 heterocycles. The van der Waals surface area contributed by atoms with Crippen LogP contribution in [0, 0.1) is 17.8 Å². The third-order valence-electron chi connectivity index (χ3n) is 1.10. The van der Waals surface area contributed by atoms with Crippen molar-refractivity contribution in [3.8, 4) is 11.8 Å². The highest BCUT2D eigenvalue weighted by atomic mass is 13.9. The van der Waals surface area contributed by atoms with Gasteiger partial charge in [0, 0.05) is 12.3 Å². The molecule has 0 heteroatoms. The lowest BCUT2D eigenvalue weighted by atomic mass is 10.2. The van der Waals surface area contributed by atoms with E-state index < -0.39 is 0 Å². The molecule has 0 bridgehead atoms. The van der Waals surface area contributed by atoms with Crippen molar-refractivity contribution >= 4 is 0 Å². The van der Waals surface area contributed by atoms with Gasteiger partial charge in [-0.3, -0.25) is 0 Å². The van der Waals surface area contributed by atoms with Crippen LogP contribution < -0.4 is 0 Å². The van der Waals surface area contributed by atoms with Crippen molar-refractivity contribution in [1.82, 2.24) is 0 Å². The molecule has 0 aromatic carbocycles. The smallest absolute Gasteiger partial charge is 0.0146 e. The summed E-state index contributed by atoms with van der Waals surface area (Å²) in [7, 11) is 0.